The zero-order valence-electron chi connectivity index (χ0n) is 10.5. The maximum atomic E-state index is 13.3. The fourth-order valence-corrected chi connectivity index (χ4v) is 2.39. The van der Waals surface area contributed by atoms with Crippen molar-refractivity contribution >= 4 is 17.1 Å². The van der Waals surface area contributed by atoms with E-state index in [-0.39, 0.29) is 5.82 Å². The van der Waals surface area contributed by atoms with Crippen molar-refractivity contribution in [3.05, 3.63) is 23.5 Å². The van der Waals surface area contributed by atoms with E-state index in [4.69, 9.17) is 4.42 Å². The number of piperazine rings is 1. The number of hydrogen-bond acceptors (Lipinski definition) is 4. The monoisotopic (exact) mass is 249 g/mol. The first-order valence-electron chi connectivity index (χ1n) is 6.19. The smallest absolute Gasteiger partial charge is 0.298 e. The molecule has 0 spiro atoms. The Morgan fingerprint density at radius 3 is 3.11 bits per heavy atom. The number of aryl methyl sites for hydroxylation is 1. The van der Waals surface area contributed by atoms with Crippen molar-refractivity contribution in [3.63, 3.8) is 0 Å². The molecule has 0 bridgehead atoms. The molecule has 5 heteroatoms. The largest absolute Gasteiger partial charge is 0.423 e. The molecule has 4 nitrogen and oxygen atoms in total. The lowest BCUT2D eigenvalue weighted by molar-refractivity contribution is 0.455. The van der Waals surface area contributed by atoms with Crippen LogP contribution in [-0.2, 0) is 0 Å². The van der Waals surface area contributed by atoms with Crippen LogP contribution >= 0.6 is 0 Å². The van der Waals surface area contributed by atoms with Gasteiger partial charge in [-0.2, -0.15) is 4.98 Å². The number of nitrogens with one attached hydrogen (secondary N) is 1. The van der Waals surface area contributed by atoms with Gasteiger partial charge in [0.2, 0.25) is 0 Å². The molecular formula is C13H16FN3O. The number of fused-ring (bicyclic) bond motifs is 1. The summed E-state index contributed by atoms with van der Waals surface area (Å²) in [5, 5.41) is 3.32. The summed E-state index contributed by atoms with van der Waals surface area (Å²) in [4.78, 5) is 6.52. The Hall–Kier alpha value is -1.62. The fourth-order valence-electron chi connectivity index (χ4n) is 2.39. The van der Waals surface area contributed by atoms with Crippen molar-refractivity contribution in [2.24, 2.45) is 0 Å². The molecule has 0 amide bonds. The van der Waals surface area contributed by atoms with E-state index in [9.17, 15) is 4.39 Å². The molecule has 0 saturated carbocycles. The number of oxazole rings is 1. The van der Waals surface area contributed by atoms with Crippen molar-refractivity contribution in [1.29, 1.82) is 0 Å². The van der Waals surface area contributed by atoms with Gasteiger partial charge in [0, 0.05) is 31.7 Å². The van der Waals surface area contributed by atoms with Crippen molar-refractivity contribution in [2.75, 3.05) is 24.5 Å². The van der Waals surface area contributed by atoms with Crippen molar-refractivity contribution in [1.82, 2.24) is 10.3 Å². The number of anilines is 1. The fraction of sp³-hybridized carbons (Fsp3) is 0.462. The predicted octanol–water partition coefficient (Wildman–Crippen LogP) is 2.07. The number of nitrogens with zero attached hydrogens (tertiary/aromatic N) is 2. The number of hydrogen-bond donors (Lipinski definition) is 1. The van der Waals surface area contributed by atoms with Crippen LogP contribution in [0.1, 0.15) is 12.5 Å². The molecule has 1 aliphatic heterocycles. The second-order valence-electron chi connectivity index (χ2n) is 4.81. The molecule has 1 aromatic carbocycles. The Bertz CT molecular complexity index is 581. The standard InChI is InChI=1S/C13H16FN3O/c1-8-5-10(14)6-11-12(8)18-13(16-11)17-4-3-15-7-9(17)2/h5-6,9,15H,3-4,7H2,1-2H3/t9-/m0/s1. The van der Waals surface area contributed by atoms with E-state index >= 15 is 0 Å². The van der Waals surface area contributed by atoms with Crippen molar-refractivity contribution in [3.8, 4) is 0 Å². The maximum Gasteiger partial charge on any atom is 0.298 e. The SMILES string of the molecule is Cc1cc(F)cc2nc(N3CCNC[C@@H]3C)oc12. The molecular weight excluding hydrogens is 233 g/mol. The molecule has 18 heavy (non-hydrogen) atoms. The van der Waals surface area contributed by atoms with E-state index < -0.39 is 0 Å². The van der Waals surface area contributed by atoms with Crippen LogP contribution in [0.3, 0.4) is 0 Å². The molecule has 0 aliphatic carbocycles. The van der Waals surface area contributed by atoms with Gasteiger partial charge < -0.3 is 14.6 Å². The molecule has 0 radical (unpaired) electrons. The summed E-state index contributed by atoms with van der Waals surface area (Å²) >= 11 is 0. The molecule has 2 heterocycles. The van der Waals surface area contributed by atoms with Crippen LogP contribution < -0.4 is 10.2 Å². The summed E-state index contributed by atoms with van der Waals surface area (Å²) < 4.78 is 19.1. The first-order valence-corrected chi connectivity index (χ1v) is 6.19. The zero-order chi connectivity index (χ0) is 12.7. The van der Waals surface area contributed by atoms with Gasteiger partial charge in [-0.1, -0.05) is 0 Å². The second kappa shape index (κ2) is 4.24. The van der Waals surface area contributed by atoms with Crippen LogP contribution in [0, 0.1) is 12.7 Å². The van der Waals surface area contributed by atoms with Crippen LogP contribution in [0.5, 0.6) is 0 Å². The van der Waals surface area contributed by atoms with Gasteiger partial charge >= 0.3 is 0 Å². The van der Waals surface area contributed by atoms with Crippen LogP contribution in [-0.4, -0.2) is 30.7 Å². The Kier molecular flexibility index (Phi) is 2.70. The molecule has 1 aromatic heterocycles. The Morgan fingerprint density at radius 1 is 1.50 bits per heavy atom. The third-order valence-corrected chi connectivity index (χ3v) is 3.38. The van der Waals surface area contributed by atoms with Gasteiger partial charge in [0.25, 0.3) is 6.01 Å². The zero-order valence-corrected chi connectivity index (χ0v) is 10.5. The first kappa shape index (κ1) is 11.5. The number of aromatic nitrogens is 1. The van der Waals surface area contributed by atoms with Crippen LogP contribution in [0.4, 0.5) is 10.4 Å². The Labute approximate surface area is 105 Å². The lowest BCUT2D eigenvalue weighted by Crippen LogP contribution is -2.50. The molecule has 1 N–H and O–H groups in total. The second-order valence-corrected chi connectivity index (χ2v) is 4.81. The summed E-state index contributed by atoms with van der Waals surface area (Å²) in [6.45, 7) is 6.63. The normalized spacial score (nSPS) is 20.6. The van der Waals surface area contributed by atoms with Crippen LogP contribution in [0.15, 0.2) is 16.5 Å². The highest BCUT2D eigenvalue weighted by atomic mass is 19.1. The molecule has 1 aliphatic rings. The van der Waals surface area contributed by atoms with Crippen LogP contribution in [0.2, 0.25) is 0 Å². The molecule has 0 unspecified atom stereocenters. The van der Waals surface area contributed by atoms with Crippen LogP contribution in [0.25, 0.3) is 11.1 Å². The highest BCUT2D eigenvalue weighted by molar-refractivity contribution is 5.78. The Morgan fingerprint density at radius 2 is 2.33 bits per heavy atom. The molecule has 1 atom stereocenters. The minimum absolute atomic E-state index is 0.270. The van der Waals surface area contributed by atoms with E-state index in [1.807, 2.05) is 6.92 Å². The van der Waals surface area contributed by atoms with Gasteiger partial charge in [-0.3, -0.25) is 0 Å². The predicted molar refractivity (Wildman–Crippen MR) is 68.4 cm³/mol. The average Bonchev–Trinajstić information content (AvgIpc) is 2.73. The minimum atomic E-state index is -0.270. The van der Waals surface area contributed by atoms with Crippen molar-refractivity contribution < 1.29 is 8.81 Å². The third kappa shape index (κ3) is 1.84. The molecule has 96 valence electrons. The molecule has 2 aromatic rings. The summed E-state index contributed by atoms with van der Waals surface area (Å²) in [6.07, 6.45) is 0. The number of benzene rings is 1. The van der Waals surface area contributed by atoms with E-state index in [0.717, 1.165) is 25.2 Å². The summed E-state index contributed by atoms with van der Waals surface area (Å²) in [6, 6.07) is 3.81. The number of halogens is 1. The maximum absolute atomic E-state index is 13.3. The molecule has 3 rings (SSSR count). The lowest BCUT2D eigenvalue weighted by atomic mass is 10.2. The lowest BCUT2D eigenvalue weighted by Gasteiger charge is -2.32. The highest BCUT2D eigenvalue weighted by Crippen LogP contribution is 2.27. The first-order chi connectivity index (χ1) is 8.65. The van der Waals surface area contributed by atoms with E-state index in [2.05, 4.69) is 22.1 Å². The summed E-state index contributed by atoms with van der Waals surface area (Å²) in [5.74, 6) is -0.270. The van der Waals surface area contributed by atoms with E-state index in [1.54, 1.807) is 0 Å². The minimum Gasteiger partial charge on any atom is -0.423 e. The topological polar surface area (TPSA) is 41.3 Å². The van der Waals surface area contributed by atoms with Crippen molar-refractivity contribution in [2.45, 2.75) is 19.9 Å². The van der Waals surface area contributed by atoms with Gasteiger partial charge in [-0.05, 0) is 25.5 Å². The van der Waals surface area contributed by atoms with E-state index in [1.165, 1.54) is 12.1 Å². The van der Waals surface area contributed by atoms with Gasteiger partial charge in [0.1, 0.15) is 11.3 Å². The summed E-state index contributed by atoms with van der Waals surface area (Å²) in [7, 11) is 0. The van der Waals surface area contributed by atoms with Gasteiger partial charge in [-0.25, -0.2) is 4.39 Å². The average molecular weight is 249 g/mol. The van der Waals surface area contributed by atoms with Gasteiger partial charge in [0.15, 0.2) is 5.58 Å². The molecule has 1 saturated heterocycles. The van der Waals surface area contributed by atoms with Gasteiger partial charge in [-0.15, -0.1) is 0 Å². The third-order valence-electron chi connectivity index (χ3n) is 3.38. The number of rotatable bonds is 1. The van der Waals surface area contributed by atoms with E-state index in [0.29, 0.717) is 23.2 Å². The molecule has 1 fully saturated rings. The Balaban J connectivity index is 2.05. The van der Waals surface area contributed by atoms with Gasteiger partial charge in [0.05, 0.1) is 0 Å². The summed E-state index contributed by atoms with van der Waals surface area (Å²) in [5.41, 5.74) is 2.05. The quantitative estimate of drug-likeness (QED) is 0.840. The highest BCUT2D eigenvalue weighted by Gasteiger charge is 2.23.